The number of nitro benzene ring substituents is 1. The molecule has 2 aliphatic rings. The van der Waals surface area contributed by atoms with Crippen LogP contribution in [0.1, 0.15) is 36.2 Å². The number of esters is 1. The number of ether oxygens (including phenoxy) is 1. The molecule has 1 atom stereocenters. The third-order valence-corrected chi connectivity index (χ3v) is 7.37. The average molecular weight is 505 g/mol. The minimum Gasteiger partial charge on any atom is -0.469 e. The van der Waals surface area contributed by atoms with Crippen LogP contribution in [0.25, 0.3) is 11.1 Å². The Labute approximate surface area is 216 Å². The molecule has 1 aliphatic carbocycles. The first-order chi connectivity index (χ1) is 17.9. The number of non-ortho nitro benzene ring substituents is 1. The van der Waals surface area contributed by atoms with Crippen molar-refractivity contribution in [1.82, 2.24) is 15.2 Å². The van der Waals surface area contributed by atoms with E-state index >= 15 is 0 Å². The van der Waals surface area contributed by atoms with Crippen LogP contribution in [-0.4, -0.2) is 60.0 Å². The van der Waals surface area contributed by atoms with Gasteiger partial charge in [0.25, 0.3) is 11.6 Å². The molecular weight excluding hydrogens is 472 g/mol. The zero-order valence-corrected chi connectivity index (χ0v) is 21.0. The van der Waals surface area contributed by atoms with Crippen LogP contribution in [0.5, 0.6) is 0 Å². The normalized spacial score (nSPS) is 18.8. The Hall–Kier alpha value is -3.85. The Bertz CT molecular complexity index is 1180. The number of hydrogen-bond acceptors (Lipinski definition) is 7. The number of hydrogen-bond donors (Lipinski definition) is 1. The number of nitrogens with zero attached hydrogens (tertiary/aromatic N) is 3. The molecule has 1 aromatic heterocycles. The van der Waals surface area contributed by atoms with E-state index in [0.29, 0.717) is 12.2 Å². The molecule has 2 heterocycles. The van der Waals surface area contributed by atoms with Gasteiger partial charge in [0.05, 0.1) is 17.4 Å². The van der Waals surface area contributed by atoms with Crippen molar-refractivity contribution < 1.29 is 19.2 Å². The fraction of sp³-hybridized carbons (Fsp3) is 0.393. The van der Waals surface area contributed by atoms with Crippen molar-refractivity contribution in [3.63, 3.8) is 0 Å². The first kappa shape index (κ1) is 26.2. The van der Waals surface area contributed by atoms with Gasteiger partial charge in [0.1, 0.15) is 5.69 Å². The van der Waals surface area contributed by atoms with Crippen LogP contribution in [0, 0.1) is 21.4 Å². The van der Waals surface area contributed by atoms with Gasteiger partial charge in [0.2, 0.25) is 0 Å². The highest BCUT2D eigenvalue weighted by Gasteiger charge is 2.47. The van der Waals surface area contributed by atoms with Gasteiger partial charge in [0.15, 0.2) is 0 Å². The molecule has 9 heteroatoms. The molecule has 1 amide bonds. The first-order valence-corrected chi connectivity index (χ1v) is 12.6. The van der Waals surface area contributed by atoms with Crippen molar-refractivity contribution in [3.8, 4) is 11.1 Å². The number of likely N-dealkylation sites (tertiary alicyclic amines) is 1. The summed E-state index contributed by atoms with van der Waals surface area (Å²) in [6, 6.07) is 9.64. The number of piperidine rings is 1. The van der Waals surface area contributed by atoms with Crippen LogP contribution >= 0.6 is 0 Å². The van der Waals surface area contributed by atoms with E-state index in [4.69, 9.17) is 4.74 Å². The summed E-state index contributed by atoms with van der Waals surface area (Å²) in [5, 5.41) is 13.8. The molecule has 0 radical (unpaired) electrons. The lowest BCUT2D eigenvalue weighted by molar-refractivity contribution is -0.384. The summed E-state index contributed by atoms with van der Waals surface area (Å²) in [7, 11) is 1.47. The number of carbonyl (C=O) groups is 2. The molecule has 9 nitrogen and oxygen atoms in total. The second-order valence-electron chi connectivity index (χ2n) is 9.49. The molecule has 1 saturated heterocycles. The van der Waals surface area contributed by atoms with Crippen molar-refractivity contribution in [2.24, 2.45) is 11.3 Å². The standard InChI is InChI=1S/C28H32N4O5/c1-37-27(34)28(23-6-3-2-4-7-23)13-18-31(19-14-28)17-5-15-30-26(33)25-20-22(12-16-29-25)21-8-10-24(11-9-21)32(35)36/h2-4,6,8-12,16,20,23H,5,7,13-15,17-19H2,1H3,(H,30,33). The topological polar surface area (TPSA) is 115 Å². The van der Waals surface area contributed by atoms with Gasteiger partial charge in [-0.15, -0.1) is 0 Å². The monoisotopic (exact) mass is 504 g/mol. The number of allylic oxidation sites excluding steroid dienone is 4. The highest BCUT2D eigenvalue weighted by atomic mass is 16.6. The lowest BCUT2D eigenvalue weighted by Gasteiger charge is -2.43. The van der Waals surface area contributed by atoms with Crippen LogP contribution in [0.4, 0.5) is 5.69 Å². The van der Waals surface area contributed by atoms with E-state index in [9.17, 15) is 19.7 Å². The van der Waals surface area contributed by atoms with E-state index < -0.39 is 10.3 Å². The van der Waals surface area contributed by atoms with Crippen molar-refractivity contribution in [2.75, 3.05) is 33.3 Å². The molecule has 2 aromatic rings. The summed E-state index contributed by atoms with van der Waals surface area (Å²) in [5.41, 5.74) is 1.38. The van der Waals surface area contributed by atoms with Crippen molar-refractivity contribution in [2.45, 2.75) is 25.7 Å². The number of methoxy groups -OCH3 is 1. The van der Waals surface area contributed by atoms with Crippen LogP contribution in [0.2, 0.25) is 0 Å². The molecule has 0 spiro atoms. The van der Waals surface area contributed by atoms with Crippen LogP contribution in [0.3, 0.4) is 0 Å². The second kappa shape index (κ2) is 11.9. The average Bonchev–Trinajstić information content (AvgIpc) is 2.95. The molecular formula is C28H32N4O5. The predicted octanol–water partition coefficient (Wildman–Crippen LogP) is 4.16. The van der Waals surface area contributed by atoms with E-state index in [1.807, 2.05) is 12.2 Å². The highest BCUT2D eigenvalue weighted by Crippen LogP contribution is 2.43. The number of nitro groups is 1. The molecule has 1 fully saturated rings. The minimum atomic E-state index is -0.471. The van der Waals surface area contributed by atoms with Crippen molar-refractivity contribution in [1.29, 1.82) is 0 Å². The molecule has 1 aromatic carbocycles. The number of aromatic nitrogens is 1. The summed E-state index contributed by atoms with van der Waals surface area (Å²) in [4.78, 5) is 42.3. The van der Waals surface area contributed by atoms with Crippen LogP contribution < -0.4 is 5.32 Å². The molecule has 194 valence electrons. The van der Waals surface area contributed by atoms with Crippen LogP contribution in [0.15, 0.2) is 66.9 Å². The summed E-state index contributed by atoms with van der Waals surface area (Å²) in [6.07, 6.45) is 13.0. The lowest BCUT2D eigenvalue weighted by atomic mass is 9.66. The van der Waals surface area contributed by atoms with Crippen LogP contribution in [-0.2, 0) is 9.53 Å². The Morgan fingerprint density at radius 1 is 1.16 bits per heavy atom. The number of benzene rings is 1. The molecule has 1 unspecified atom stereocenters. The van der Waals surface area contributed by atoms with Crippen molar-refractivity contribution >= 4 is 17.6 Å². The number of carbonyl (C=O) groups excluding carboxylic acids is 2. The lowest BCUT2D eigenvalue weighted by Crippen LogP contribution is -2.49. The molecule has 1 N–H and O–H groups in total. The maximum absolute atomic E-state index is 12.7. The highest BCUT2D eigenvalue weighted by molar-refractivity contribution is 5.93. The third-order valence-electron chi connectivity index (χ3n) is 7.37. The smallest absolute Gasteiger partial charge is 0.312 e. The fourth-order valence-corrected chi connectivity index (χ4v) is 5.20. The molecule has 37 heavy (non-hydrogen) atoms. The number of rotatable bonds is 9. The van der Waals surface area contributed by atoms with Gasteiger partial charge in [-0.2, -0.15) is 0 Å². The van der Waals surface area contributed by atoms with E-state index in [-0.39, 0.29) is 23.5 Å². The van der Waals surface area contributed by atoms with Gasteiger partial charge in [-0.25, -0.2) is 0 Å². The Morgan fingerprint density at radius 2 is 1.92 bits per heavy atom. The molecule has 4 rings (SSSR count). The second-order valence-corrected chi connectivity index (χ2v) is 9.49. The van der Waals surface area contributed by atoms with Gasteiger partial charge < -0.3 is 15.0 Å². The number of nitrogens with one attached hydrogen (secondary N) is 1. The first-order valence-electron chi connectivity index (χ1n) is 12.6. The maximum atomic E-state index is 12.7. The van der Waals surface area contributed by atoms with E-state index in [0.717, 1.165) is 56.4 Å². The summed E-state index contributed by atoms with van der Waals surface area (Å²) < 4.78 is 5.20. The molecule has 0 saturated carbocycles. The summed E-state index contributed by atoms with van der Waals surface area (Å²) in [6.45, 7) is 2.97. The summed E-state index contributed by atoms with van der Waals surface area (Å²) in [5.74, 6) is -0.210. The third kappa shape index (κ3) is 6.11. The zero-order valence-electron chi connectivity index (χ0n) is 21.0. The fourth-order valence-electron chi connectivity index (χ4n) is 5.20. The Balaban J connectivity index is 1.25. The Kier molecular flexibility index (Phi) is 8.45. The Morgan fingerprint density at radius 3 is 2.57 bits per heavy atom. The largest absolute Gasteiger partial charge is 0.469 e. The SMILES string of the molecule is COC(=O)C1(C2C=CC=CC2)CCN(CCCNC(=O)c2cc(-c3ccc([N+](=O)[O-])cc3)ccn2)CC1. The maximum Gasteiger partial charge on any atom is 0.312 e. The van der Waals surface area contributed by atoms with Gasteiger partial charge in [-0.3, -0.25) is 24.7 Å². The quantitative estimate of drug-likeness (QED) is 0.236. The van der Waals surface area contributed by atoms with E-state index in [1.54, 1.807) is 30.5 Å². The number of pyridine rings is 1. The molecule has 0 bridgehead atoms. The number of amides is 1. The van der Waals surface area contributed by atoms with E-state index in [2.05, 4.69) is 27.4 Å². The van der Waals surface area contributed by atoms with E-state index in [1.165, 1.54) is 19.2 Å². The van der Waals surface area contributed by atoms with Gasteiger partial charge in [0, 0.05) is 24.9 Å². The predicted molar refractivity (Wildman–Crippen MR) is 140 cm³/mol. The summed E-state index contributed by atoms with van der Waals surface area (Å²) >= 11 is 0. The van der Waals surface area contributed by atoms with Crippen molar-refractivity contribution in [3.05, 3.63) is 82.7 Å². The molecule has 1 aliphatic heterocycles. The zero-order chi connectivity index (χ0) is 26.3. The minimum absolute atomic E-state index is 0.0171. The van der Waals surface area contributed by atoms with Gasteiger partial charge >= 0.3 is 5.97 Å². The van der Waals surface area contributed by atoms with Gasteiger partial charge in [-0.05, 0) is 86.6 Å². The van der Waals surface area contributed by atoms with Gasteiger partial charge in [-0.1, -0.05) is 24.3 Å².